The molecule has 0 aliphatic rings. The van der Waals surface area contributed by atoms with Gasteiger partial charge in [0.05, 0.1) is 50.6 Å². The highest BCUT2D eigenvalue weighted by Gasteiger charge is 1.99. The lowest BCUT2D eigenvalue weighted by atomic mass is 10.3. The molecule has 0 amide bonds. The van der Waals surface area contributed by atoms with Gasteiger partial charge in [-0.1, -0.05) is 29.3 Å². The second-order valence-corrected chi connectivity index (χ2v) is 10.3. The van der Waals surface area contributed by atoms with E-state index in [4.69, 9.17) is 46.9 Å². The summed E-state index contributed by atoms with van der Waals surface area (Å²) in [6.45, 7) is 2.19. The average Bonchev–Trinajstić information content (AvgIpc) is 3.10. The monoisotopic (exact) mass is 737 g/mol. The third kappa shape index (κ3) is 21.1. The lowest BCUT2D eigenvalue weighted by Crippen LogP contribution is -1.94. The molecule has 0 aliphatic carbocycles. The second kappa shape index (κ2) is 27.7. The van der Waals surface area contributed by atoms with E-state index in [0.717, 1.165) is 16.8 Å². The van der Waals surface area contributed by atoms with E-state index in [9.17, 15) is 13.2 Å². The van der Waals surface area contributed by atoms with Crippen LogP contribution in [0.4, 0.5) is 13.2 Å². The van der Waals surface area contributed by atoms with Gasteiger partial charge in [0.25, 0.3) is 0 Å². The van der Waals surface area contributed by atoms with Crippen molar-refractivity contribution in [3.8, 4) is 0 Å². The number of aromatic nitrogens is 5. The molecule has 0 atom stereocenters. The van der Waals surface area contributed by atoms with Crippen molar-refractivity contribution in [1.29, 1.82) is 0 Å². The van der Waals surface area contributed by atoms with Crippen LogP contribution in [0.1, 0.15) is 28.2 Å². The average molecular weight is 739 g/mol. The first-order chi connectivity index (χ1) is 24.1. The van der Waals surface area contributed by atoms with Crippen LogP contribution in [0, 0.1) is 17.5 Å². The van der Waals surface area contributed by atoms with Crippen molar-refractivity contribution < 1.29 is 36.9 Å². The van der Waals surface area contributed by atoms with Crippen LogP contribution < -0.4 is 0 Å². The van der Waals surface area contributed by atoms with Gasteiger partial charge in [-0.15, -0.1) is 0 Å². The summed E-state index contributed by atoms with van der Waals surface area (Å²) in [5.41, 5.74) is 3.78. The number of nitrogens with zero attached hydrogens (tertiary/aromatic N) is 5. The standard InChI is InChI=1S/2C7H8ClNO.3C7H8FNO/c1-10-5-6-2-3-9-7(8)4-6;1-10-5-6-2-3-7(8)9-4-6;1-10-5-7-4-6(8)2-3-9-7;1-10-5-7-3-2-6(8)4-9-7;1-10-5-7-6(8)3-2-4-9-7/h5*2-4H,5H2,1H3. The van der Waals surface area contributed by atoms with Crippen LogP contribution in [0.25, 0.3) is 0 Å². The Labute approximate surface area is 300 Å². The molecule has 270 valence electrons. The molecule has 5 aromatic rings. The predicted molar refractivity (Wildman–Crippen MR) is 185 cm³/mol. The molecule has 0 aromatic carbocycles. The summed E-state index contributed by atoms with van der Waals surface area (Å²) in [7, 11) is 7.93. The number of hydrogen-bond acceptors (Lipinski definition) is 10. The third-order valence-corrected chi connectivity index (χ3v) is 5.90. The Kier molecular flexibility index (Phi) is 24.4. The lowest BCUT2D eigenvalue weighted by Gasteiger charge is -1.97. The maximum atomic E-state index is 12.6. The zero-order valence-electron chi connectivity index (χ0n) is 28.4. The van der Waals surface area contributed by atoms with Crippen molar-refractivity contribution in [2.75, 3.05) is 35.5 Å². The normalized spacial score (nSPS) is 9.80. The SMILES string of the molecule is COCc1cc(F)ccn1.COCc1ccc(Cl)nc1.COCc1ccc(F)cn1.COCc1ccnc(Cl)c1.COCc1ncccc1F. The molecular formula is C35H40Cl2F3N5O5. The summed E-state index contributed by atoms with van der Waals surface area (Å²) in [4.78, 5) is 19.1. The van der Waals surface area contributed by atoms with Crippen LogP contribution in [0.5, 0.6) is 0 Å². The van der Waals surface area contributed by atoms with Crippen molar-refractivity contribution in [2.45, 2.75) is 33.0 Å². The Morgan fingerprint density at radius 2 is 1.16 bits per heavy atom. The topological polar surface area (TPSA) is 111 Å². The van der Waals surface area contributed by atoms with E-state index >= 15 is 0 Å². The third-order valence-electron chi connectivity index (χ3n) is 5.47. The molecule has 0 saturated heterocycles. The van der Waals surface area contributed by atoms with Gasteiger partial charge >= 0.3 is 0 Å². The smallest absolute Gasteiger partial charge is 0.147 e. The summed E-state index contributed by atoms with van der Waals surface area (Å²) in [5.74, 6) is -0.911. The molecular weight excluding hydrogens is 698 g/mol. The Hall–Kier alpha value is -4.08. The number of ether oxygens (including phenoxy) is 5. The van der Waals surface area contributed by atoms with E-state index in [2.05, 4.69) is 24.9 Å². The van der Waals surface area contributed by atoms with Crippen LogP contribution >= 0.6 is 23.2 Å². The van der Waals surface area contributed by atoms with Gasteiger partial charge in [-0.2, -0.15) is 0 Å². The van der Waals surface area contributed by atoms with Gasteiger partial charge in [-0.25, -0.2) is 23.1 Å². The fourth-order valence-corrected chi connectivity index (χ4v) is 3.64. The molecule has 0 N–H and O–H groups in total. The molecule has 5 rings (SSSR count). The first-order valence-corrected chi connectivity index (χ1v) is 15.4. The van der Waals surface area contributed by atoms with E-state index in [1.165, 1.54) is 50.0 Å². The van der Waals surface area contributed by atoms with Gasteiger partial charge in [0, 0.05) is 60.3 Å². The second-order valence-electron chi connectivity index (χ2n) is 9.51. The number of hydrogen-bond donors (Lipinski definition) is 0. The Morgan fingerprint density at radius 3 is 1.72 bits per heavy atom. The summed E-state index contributed by atoms with van der Waals surface area (Å²) in [6, 6.07) is 15.8. The van der Waals surface area contributed by atoms with E-state index < -0.39 is 0 Å². The molecule has 0 unspecified atom stereocenters. The molecule has 0 saturated carbocycles. The van der Waals surface area contributed by atoms with Gasteiger partial charge in [0.15, 0.2) is 0 Å². The zero-order chi connectivity index (χ0) is 37.0. The first-order valence-electron chi connectivity index (χ1n) is 14.6. The van der Waals surface area contributed by atoms with Gasteiger partial charge in [0.1, 0.15) is 33.5 Å². The zero-order valence-corrected chi connectivity index (χ0v) is 29.9. The Balaban J connectivity index is 0.000000312. The van der Waals surface area contributed by atoms with Crippen molar-refractivity contribution in [2.24, 2.45) is 0 Å². The highest BCUT2D eigenvalue weighted by atomic mass is 35.5. The quantitative estimate of drug-likeness (QED) is 0.131. The van der Waals surface area contributed by atoms with E-state index in [0.29, 0.717) is 48.1 Å². The molecule has 10 nitrogen and oxygen atoms in total. The molecule has 0 fully saturated rings. The van der Waals surface area contributed by atoms with E-state index in [-0.39, 0.29) is 24.1 Å². The van der Waals surface area contributed by atoms with Gasteiger partial charge in [-0.05, 0) is 65.7 Å². The summed E-state index contributed by atoms with van der Waals surface area (Å²) >= 11 is 11.2. The van der Waals surface area contributed by atoms with Gasteiger partial charge < -0.3 is 23.7 Å². The minimum Gasteiger partial charge on any atom is -0.380 e. The largest absolute Gasteiger partial charge is 0.380 e. The van der Waals surface area contributed by atoms with Crippen molar-refractivity contribution in [1.82, 2.24) is 24.9 Å². The Morgan fingerprint density at radius 1 is 0.500 bits per heavy atom. The van der Waals surface area contributed by atoms with Crippen LogP contribution in [-0.2, 0) is 56.7 Å². The number of halogens is 5. The van der Waals surface area contributed by atoms with Gasteiger partial charge in [0.2, 0.25) is 0 Å². The molecule has 5 aromatic heterocycles. The van der Waals surface area contributed by atoms with Crippen molar-refractivity contribution >= 4 is 23.2 Å². The highest BCUT2D eigenvalue weighted by Crippen LogP contribution is 2.08. The molecule has 0 aliphatic heterocycles. The number of rotatable bonds is 10. The van der Waals surface area contributed by atoms with Crippen LogP contribution in [0.2, 0.25) is 10.3 Å². The van der Waals surface area contributed by atoms with Crippen molar-refractivity contribution in [3.05, 3.63) is 148 Å². The van der Waals surface area contributed by atoms with Crippen LogP contribution in [0.15, 0.2) is 91.6 Å². The molecule has 15 heteroatoms. The fraction of sp³-hybridized carbons (Fsp3) is 0.286. The molecule has 0 radical (unpaired) electrons. The Bertz CT molecular complexity index is 1500. The highest BCUT2D eigenvalue weighted by molar-refractivity contribution is 6.29. The maximum absolute atomic E-state index is 12.6. The molecule has 0 spiro atoms. The molecule has 0 bridgehead atoms. The molecule has 50 heavy (non-hydrogen) atoms. The number of pyridine rings is 5. The lowest BCUT2D eigenvalue weighted by molar-refractivity contribution is 0.177. The summed E-state index contributed by atoms with van der Waals surface area (Å²) in [5, 5.41) is 1.02. The van der Waals surface area contributed by atoms with E-state index in [1.54, 1.807) is 65.1 Å². The predicted octanol–water partition coefficient (Wildman–Crippen LogP) is 7.86. The first kappa shape index (κ1) is 43.9. The molecule has 5 heterocycles. The maximum Gasteiger partial charge on any atom is 0.147 e. The van der Waals surface area contributed by atoms with Crippen LogP contribution in [0.3, 0.4) is 0 Å². The number of methoxy groups -OCH3 is 5. The minimum absolute atomic E-state index is 0.229. The fourth-order valence-electron chi connectivity index (χ4n) is 3.33. The van der Waals surface area contributed by atoms with Gasteiger partial charge in [-0.3, -0.25) is 15.0 Å². The minimum atomic E-state index is -0.320. The summed E-state index contributed by atoms with van der Waals surface area (Å²) in [6.07, 6.45) is 7.50. The summed E-state index contributed by atoms with van der Waals surface area (Å²) < 4.78 is 61.3. The van der Waals surface area contributed by atoms with Crippen molar-refractivity contribution in [3.63, 3.8) is 0 Å². The van der Waals surface area contributed by atoms with E-state index in [1.807, 2.05) is 12.1 Å². The van der Waals surface area contributed by atoms with Crippen LogP contribution in [-0.4, -0.2) is 60.5 Å².